The summed E-state index contributed by atoms with van der Waals surface area (Å²) in [6.07, 6.45) is 2.10. The van der Waals surface area contributed by atoms with Gasteiger partial charge in [-0.25, -0.2) is 4.39 Å². The Morgan fingerprint density at radius 3 is 2.91 bits per heavy atom. The van der Waals surface area contributed by atoms with Crippen LogP contribution in [0.1, 0.15) is 34.2 Å². The summed E-state index contributed by atoms with van der Waals surface area (Å²) in [5, 5.41) is 11.1. The van der Waals surface area contributed by atoms with E-state index >= 15 is 0 Å². The number of nitro benzene ring substituents is 1. The topological polar surface area (TPSA) is 46.4 Å². The molecule has 0 spiro atoms. The lowest BCUT2D eigenvalue weighted by Crippen LogP contribution is -2.22. The Labute approximate surface area is 132 Å². The van der Waals surface area contributed by atoms with E-state index in [9.17, 15) is 14.5 Å². The zero-order valence-electron chi connectivity index (χ0n) is 12.3. The molecule has 1 fully saturated rings. The third-order valence-corrected chi connectivity index (χ3v) is 5.17. The molecule has 22 heavy (non-hydrogen) atoms. The van der Waals surface area contributed by atoms with Gasteiger partial charge in [0.25, 0.3) is 5.69 Å². The zero-order chi connectivity index (χ0) is 15.7. The minimum Gasteiger partial charge on any atom is -0.291 e. The van der Waals surface area contributed by atoms with Gasteiger partial charge in [-0.15, -0.1) is 11.3 Å². The number of thiophene rings is 1. The van der Waals surface area contributed by atoms with Crippen LogP contribution in [0, 0.1) is 22.9 Å². The summed E-state index contributed by atoms with van der Waals surface area (Å²) in [6.45, 7) is 3.37. The Bertz CT molecular complexity index is 701. The minimum absolute atomic E-state index is 0.00518. The van der Waals surface area contributed by atoms with Gasteiger partial charge in [0.05, 0.1) is 4.92 Å². The maximum Gasteiger partial charge on any atom is 0.274 e. The second-order valence-corrected chi connectivity index (χ2v) is 6.93. The Morgan fingerprint density at radius 1 is 1.41 bits per heavy atom. The highest BCUT2D eigenvalue weighted by atomic mass is 32.1. The van der Waals surface area contributed by atoms with E-state index in [4.69, 9.17) is 0 Å². The van der Waals surface area contributed by atoms with Gasteiger partial charge >= 0.3 is 0 Å². The largest absolute Gasteiger partial charge is 0.291 e. The Balaban J connectivity index is 1.86. The van der Waals surface area contributed by atoms with Gasteiger partial charge in [-0.05, 0) is 50.6 Å². The van der Waals surface area contributed by atoms with Crippen molar-refractivity contribution in [2.75, 3.05) is 6.54 Å². The Morgan fingerprint density at radius 2 is 2.23 bits per heavy atom. The van der Waals surface area contributed by atoms with Crippen LogP contribution in [-0.4, -0.2) is 16.4 Å². The second-order valence-electron chi connectivity index (χ2n) is 5.61. The predicted molar refractivity (Wildman–Crippen MR) is 84.5 cm³/mol. The first-order valence-electron chi connectivity index (χ1n) is 7.28. The molecule has 116 valence electrons. The highest BCUT2D eigenvalue weighted by Crippen LogP contribution is 2.37. The van der Waals surface area contributed by atoms with E-state index in [-0.39, 0.29) is 11.7 Å². The van der Waals surface area contributed by atoms with Crippen LogP contribution in [0.25, 0.3) is 0 Å². The Kier molecular flexibility index (Phi) is 4.22. The van der Waals surface area contributed by atoms with Gasteiger partial charge in [0.2, 0.25) is 0 Å². The standard InChI is InChI=1S/C16H17FN2O2S/c1-11-4-7-16(22-11)15-3-2-8-18(15)10-12-9-13(17)5-6-14(12)19(20)21/h4-7,9,15H,2-3,8,10H2,1H3. The van der Waals surface area contributed by atoms with Crippen molar-refractivity contribution in [3.63, 3.8) is 0 Å². The van der Waals surface area contributed by atoms with E-state index in [1.54, 1.807) is 11.3 Å². The van der Waals surface area contributed by atoms with Crippen molar-refractivity contribution in [3.05, 3.63) is 61.6 Å². The van der Waals surface area contributed by atoms with Crippen molar-refractivity contribution in [2.24, 2.45) is 0 Å². The number of nitro groups is 1. The van der Waals surface area contributed by atoms with Gasteiger partial charge in [-0.3, -0.25) is 15.0 Å². The lowest BCUT2D eigenvalue weighted by molar-refractivity contribution is -0.385. The number of hydrogen-bond donors (Lipinski definition) is 0. The number of rotatable bonds is 4. The van der Waals surface area contributed by atoms with Crippen LogP contribution in [0.5, 0.6) is 0 Å². The smallest absolute Gasteiger partial charge is 0.274 e. The fraction of sp³-hybridized carbons (Fsp3) is 0.375. The van der Waals surface area contributed by atoms with Crippen molar-refractivity contribution in [1.82, 2.24) is 4.90 Å². The summed E-state index contributed by atoms with van der Waals surface area (Å²) in [5.74, 6) is -0.427. The molecule has 1 atom stereocenters. The van der Waals surface area contributed by atoms with Gasteiger partial charge in [0, 0.05) is 34.0 Å². The van der Waals surface area contributed by atoms with E-state index in [0.717, 1.165) is 25.5 Å². The summed E-state index contributed by atoms with van der Waals surface area (Å²) >= 11 is 1.76. The quantitative estimate of drug-likeness (QED) is 0.618. The first-order valence-corrected chi connectivity index (χ1v) is 8.09. The van der Waals surface area contributed by atoms with Crippen LogP contribution in [0.3, 0.4) is 0 Å². The van der Waals surface area contributed by atoms with Gasteiger partial charge in [-0.1, -0.05) is 0 Å². The zero-order valence-corrected chi connectivity index (χ0v) is 13.1. The third kappa shape index (κ3) is 3.03. The first-order chi connectivity index (χ1) is 10.5. The molecule has 1 aliphatic heterocycles. The van der Waals surface area contributed by atoms with Gasteiger partial charge < -0.3 is 0 Å². The minimum atomic E-state index is -0.435. The molecule has 0 N–H and O–H groups in total. The lowest BCUT2D eigenvalue weighted by Gasteiger charge is -2.23. The van der Waals surface area contributed by atoms with Crippen molar-refractivity contribution >= 4 is 17.0 Å². The number of aryl methyl sites for hydroxylation is 1. The molecule has 0 radical (unpaired) electrons. The average Bonchev–Trinajstić information content (AvgIpc) is 3.07. The van der Waals surface area contributed by atoms with Crippen LogP contribution >= 0.6 is 11.3 Å². The summed E-state index contributed by atoms with van der Waals surface area (Å²) in [4.78, 5) is 15.5. The molecule has 1 aromatic heterocycles. The predicted octanol–water partition coefficient (Wildman–Crippen LogP) is 4.44. The third-order valence-electron chi connectivity index (χ3n) is 4.06. The summed E-state index contributed by atoms with van der Waals surface area (Å²) in [5.41, 5.74) is 0.444. The molecule has 2 aromatic rings. The number of halogens is 1. The molecule has 1 aliphatic rings. The first kappa shape index (κ1) is 15.1. The average molecular weight is 320 g/mol. The number of likely N-dealkylation sites (tertiary alicyclic amines) is 1. The molecule has 2 heterocycles. The second kappa shape index (κ2) is 6.14. The SMILES string of the molecule is Cc1ccc(C2CCCN2Cc2cc(F)ccc2[N+](=O)[O-])s1. The van der Waals surface area contributed by atoms with Crippen LogP contribution in [0.4, 0.5) is 10.1 Å². The highest BCUT2D eigenvalue weighted by molar-refractivity contribution is 7.12. The molecule has 0 saturated carbocycles. The number of hydrogen-bond acceptors (Lipinski definition) is 4. The molecule has 1 unspecified atom stereocenters. The van der Waals surface area contributed by atoms with E-state index < -0.39 is 10.7 Å². The van der Waals surface area contributed by atoms with E-state index in [2.05, 4.69) is 24.0 Å². The summed E-state index contributed by atoms with van der Waals surface area (Å²) in [7, 11) is 0. The highest BCUT2D eigenvalue weighted by Gasteiger charge is 2.29. The van der Waals surface area contributed by atoms with Crippen molar-refractivity contribution in [2.45, 2.75) is 32.4 Å². The fourth-order valence-electron chi connectivity index (χ4n) is 3.05. The van der Waals surface area contributed by atoms with Gasteiger partial charge in [-0.2, -0.15) is 0 Å². The van der Waals surface area contributed by atoms with E-state index in [1.165, 1.54) is 21.9 Å². The van der Waals surface area contributed by atoms with Crippen LogP contribution in [0.15, 0.2) is 30.3 Å². The summed E-state index contributed by atoms with van der Waals surface area (Å²) < 4.78 is 13.5. The molecule has 6 heteroatoms. The van der Waals surface area contributed by atoms with Crippen LogP contribution in [-0.2, 0) is 6.54 Å². The molecule has 0 aliphatic carbocycles. The molecule has 0 amide bonds. The lowest BCUT2D eigenvalue weighted by atomic mass is 10.1. The van der Waals surface area contributed by atoms with E-state index in [0.29, 0.717) is 12.1 Å². The van der Waals surface area contributed by atoms with Gasteiger partial charge in [0.1, 0.15) is 5.82 Å². The van der Waals surface area contributed by atoms with Crippen LogP contribution < -0.4 is 0 Å². The molecule has 1 aromatic carbocycles. The number of nitrogens with zero attached hydrogens (tertiary/aromatic N) is 2. The fourth-order valence-corrected chi connectivity index (χ4v) is 4.09. The molecule has 0 bridgehead atoms. The molecule has 1 saturated heterocycles. The molecule has 4 nitrogen and oxygen atoms in total. The van der Waals surface area contributed by atoms with E-state index in [1.807, 2.05) is 0 Å². The van der Waals surface area contributed by atoms with Crippen molar-refractivity contribution < 1.29 is 9.31 Å². The molecular weight excluding hydrogens is 303 g/mol. The Hall–Kier alpha value is -1.79. The summed E-state index contributed by atoms with van der Waals surface area (Å²) in [6, 6.07) is 8.19. The molecule has 3 rings (SSSR count). The monoisotopic (exact) mass is 320 g/mol. The van der Waals surface area contributed by atoms with Gasteiger partial charge in [0.15, 0.2) is 0 Å². The van der Waals surface area contributed by atoms with Crippen molar-refractivity contribution in [3.8, 4) is 0 Å². The van der Waals surface area contributed by atoms with Crippen molar-refractivity contribution in [1.29, 1.82) is 0 Å². The molecular formula is C16H17FN2O2S. The maximum absolute atomic E-state index is 13.5. The maximum atomic E-state index is 13.5. The normalized spacial score (nSPS) is 18.7. The van der Waals surface area contributed by atoms with Crippen LogP contribution in [0.2, 0.25) is 0 Å². The number of benzene rings is 1.